The Kier molecular flexibility index (Phi) is 11.7. The van der Waals surface area contributed by atoms with Crippen LogP contribution in [0.25, 0.3) is 5.52 Å². The van der Waals surface area contributed by atoms with Crippen molar-refractivity contribution in [1.29, 1.82) is 0 Å². The molecule has 5 aromatic rings. The second kappa shape index (κ2) is 16.1. The third kappa shape index (κ3) is 8.14. The van der Waals surface area contributed by atoms with Crippen molar-refractivity contribution in [1.82, 2.24) is 19.3 Å². The number of morpholine rings is 1. The number of carbonyl (C=O) groups is 1. The van der Waals surface area contributed by atoms with Gasteiger partial charge in [-0.25, -0.2) is 14.8 Å². The van der Waals surface area contributed by atoms with Crippen LogP contribution < -0.4 is 25.2 Å². The molecule has 2 atom stereocenters. The molecule has 0 bridgehead atoms. The lowest BCUT2D eigenvalue weighted by Gasteiger charge is -2.45. The maximum atomic E-state index is 14.0. The molecule has 13 heteroatoms. The molecule has 1 amide bonds. The highest BCUT2D eigenvalue weighted by Crippen LogP contribution is 2.38. The summed E-state index contributed by atoms with van der Waals surface area (Å²) in [6.45, 7) is 13.5. The zero-order valence-corrected chi connectivity index (χ0v) is 34.8. The Morgan fingerprint density at radius 2 is 1.63 bits per heavy atom. The molecule has 0 aliphatic carbocycles. The number of aromatic nitrogens is 3. The molecule has 286 valence electrons. The van der Waals surface area contributed by atoms with Gasteiger partial charge >= 0.3 is 6.09 Å². The number of anilines is 1. The zero-order valence-electron chi connectivity index (χ0n) is 32.3. The van der Waals surface area contributed by atoms with E-state index in [1.165, 1.54) is 10.4 Å². The van der Waals surface area contributed by atoms with E-state index in [4.69, 9.17) is 28.4 Å². The number of methoxy groups -OCH3 is 2. The second-order valence-corrected chi connectivity index (χ2v) is 20.4. The van der Waals surface area contributed by atoms with Crippen LogP contribution in [0.3, 0.4) is 0 Å². The van der Waals surface area contributed by atoms with E-state index in [0.717, 1.165) is 11.1 Å². The lowest BCUT2D eigenvalue weighted by molar-refractivity contribution is -0.0830. The van der Waals surface area contributed by atoms with Gasteiger partial charge in [-0.1, -0.05) is 81.4 Å². The fourth-order valence-corrected chi connectivity index (χ4v) is 12.2. The second-order valence-electron chi connectivity index (χ2n) is 15.4. The Hall–Kier alpha value is -4.43. The summed E-state index contributed by atoms with van der Waals surface area (Å²) in [5, 5.41) is 5.54. The van der Waals surface area contributed by atoms with Gasteiger partial charge in [0.05, 0.1) is 40.0 Å². The van der Waals surface area contributed by atoms with Crippen LogP contribution in [0.5, 0.6) is 11.5 Å². The Morgan fingerprint density at radius 1 is 0.963 bits per heavy atom. The molecule has 2 unspecified atom stereocenters. The highest BCUT2D eigenvalue weighted by atomic mass is 79.9. The van der Waals surface area contributed by atoms with E-state index in [1.807, 2.05) is 61.7 Å². The molecule has 1 aliphatic heterocycles. The standard InChI is InChI=1S/C41H50BrN5O6Si/c1-40(2,3)53-39(48)47-25-34(38-45-36(42)35-37(43-21-22-46(35)38)44-24-28-19-20-30(49-7)23-33(28)50-8)51-26-29(47)27-52-54(41(4,5)6,31-15-11-9-12-16-31)32-17-13-10-14-18-32/h9-23,29,34H,24-27H2,1-8H3,(H,43,44). The van der Waals surface area contributed by atoms with Crippen LogP contribution in [0.2, 0.25) is 5.04 Å². The van der Waals surface area contributed by atoms with Gasteiger partial charge in [0.1, 0.15) is 39.1 Å². The van der Waals surface area contributed by atoms with Gasteiger partial charge < -0.3 is 28.7 Å². The van der Waals surface area contributed by atoms with Crippen molar-refractivity contribution in [3.05, 3.63) is 107 Å². The van der Waals surface area contributed by atoms with E-state index in [-0.39, 0.29) is 24.8 Å². The monoisotopic (exact) mass is 815 g/mol. The summed E-state index contributed by atoms with van der Waals surface area (Å²) in [6, 6.07) is 26.3. The number of imidazole rings is 1. The molecule has 1 saturated heterocycles. The summed E-state index contributed by atoms with van der Waals surface area (Å²) in [5.74, 6) is 2.67. The highest BCUT2D eigenvalue weighted by molar-refractivity contribution is 9.10. The van der Waals surface area contributed by atoms with E-state index in [2.05, 4.69) is 95.5 Å². The number of carbonyl (C=O) groups excluding carboxylic acids is 1. The predicted octanol–water partition coefficient (Wildman–Crippen LogP) is 7.37. The Morgan fingerprint density at radius 3 is 2.22 bits per heavy atom. The van der Waals surface area contributed by atoms with Crippen LogP contribution in [0, 0.1) is 0 Å². The number of benzene rings is 3. The van der Waals surface area contributed by atoms with Crippen LogP contribution in [0.15, 0.2) is 95.9 Å². The molecule has 3 heterocycles. The SMILES string of the molecule is COc1ccc(CNc2nccn3c(C4CN(C(=O)OC(C)(C)C)C(CO[Si](c5ccccc5)(c5ccccc5)C(C)(C)C)CO4)nc(Br)c23)c(OC)c1. The van der Waals surface area contributed by atoms with E-state index in [0.29, 0.717) is 34.3 Å². The maximum absolute atomic E-state index is 14.0. The average Bonchev–Trinajstić information content (AvgIpc) is 3.50. The van der Waals surface area contributed by atoms with Crippen molar-refractivity contribution < 1.29 is 28.2 Å². The van der Waals surface area contributed by atoms with Crippen LogP contribution in [-0.2, 0) is 20.4 Å². The number of ether oxygens (including phenoxy) is 4. The molecule has 3 aromatic carbocycles. The molecule has 6 rings (SSSR count). The molecule has 1 aliphatic rings. The highest BCUT2D eigenvalue weighted by Gasteiger charge is 2.51. The van der Waals surface area contributed by atoms with E-state index >= 15 is 0 Å². The number of hydrogen-bond donors (Lipinski definition) is 1. The first-order valence-corrected chi connectivity index (χ1v) is 20.8. The number of hydrogen-bond acceptors (Lipinski definition) is 9. The van der Waals surface area contributed by atoms with Gasteiger partial charge in [-0.2, -0.15) is 0 Å². The van der Waals surface area contributed by atoms with Crippen molar-refractivity contribution in [3.63, 3.8) is 0 Å². The third-order valence-electron chi connectivity index (χ3n) is 9.60. The molecule has 2 aromatic heterocycles. The van der Waals surface area contributed by atoms with Crippen molar-refractivity contribution in [2.45, 2.75) is 70.9 Å². The normalized spacial score (nSPS) is 16.6. The number of nitrogens with zero attached hydrogens (tertiary/aromatic N) is 4. The number of amides is 1. The van der Waals surface area contributed by atoms with Gasteiger partial charge in [-0.05, 0) is 64.2 Å². The van der Waals surface area contributed by atoms with Gasteiger partial charge in [0.2, 0.25) is 0 Å². The minimum atomic E-state index is -2.89. The van der Waals surface area contributed by atoms with Gasteiger partial charge in [-0.15, -0.1) is 0 Å². The summed E-state index contributed by atoms with van der Waals surface area (Å²) in [6.07, 6.45) is 2.58. The Bertz CT molecular complexity index is 2010. The fourth-order valence-electron chi connectivity index (χ4n) is 7.07. The molecular weight excluding hydrogens is 766 g/mol. The summed E-state index contributed by atoms with van der Waals surface area (Å²) < 4.78 is 33.4. The van der Waals surface area contributed by atoms with Crippen molar-refractivity contribution in [3.8, 4) is 11.5 Å². The van der Waals surface area contributed by atoms with Gasteiger partial charge in [0.25, 0.3) is 8.32 Å². The first-order valence-electron chi connectivity index (χ1n) is 18.1. The van der Waals surface area contributed by atoms with Crippen LogP contribution in [-0.4, -0.2) is 79.3 Å². The van der Waals surface area contributed by atoms with Crippen LogP contribution in [0.4, 0.5) is 10.6 Å². The molecule has 0 spiro atoms. The molecule has 54 heavy (non-hydrogen) atoms. The predicted molar refractivity (Wildman–Crippen MR) is 217 cm³/mol. The Labute approximate surface area is 327 Å². The first kappa shape index (κ1) is 39.3. The molecule has 1 N–H and O–H groups in total. The molecular formula is C41H50BrN5O6Si. The number of fused-ring (bicyclic) bond motifs is 1. The van der Waals surface area contributed by atoms with E-state index in [9.17, 15) is 4.79 Å². The minimum absolute atomic E-state index is 0.212. The summed E-state index contributed by atoms with van der Waals surface area (Å²) in [7, 11) is 0.364. The quantitative estimate of drug-likeness (QED) is 0.137. The van der Waals surface area contributed by atoms with Crippen molar-refractivity contribution >= 4 is 52.0 Å². The molecule has 0 saturated carbocycles. The molecule has 1 fully saturated rings. The van der Waals surface area contributed by atoms with Crippen molar-refractivity contribution in [2.75, 3.05) is 39.3 Å². The number of nitrogens with one attached hydrogen (secondary N) is 1. The largest absolute Gasteiger partial charge is 0.497 e. The molecule has 11 nitrogen and oxygen atoms in total. The van der Waals surface area contributed by atoms with Gasteiger partial charge in [0.15, 0.2) is 5.82 Å². The topological polar surface area (TPSA) is 109 Å². The van der Waals surface area contributed by atoms with E-state index < -0.39 is 32.2 Å². The zero-order chi connectivity index (χ0) is 38.7. The first-order chi connectivity index (χ1) is 25.8. The lowest BCUT2D eigenvalue weighted by atomic mass is 10.1. The Balaban J connectivity index is 1.30. The fraction of sp³-hybridized carbons (Fsp3) is 0.390. The van der Waals surface area contributed by atoms with Crippen LogP contribution in [0.1, 0.15) is 59.0 Å². The third-order valence-corrected chi connectivity index (χ3v) is 15.2. The summed E-state index contributed by atoms with van der Waals surface area (Å²) >= 11 is 3.68. The minimum Gasteiger partial charge on any atom is -0.497 e. The van der Waals surface area contributed by atoms with Gasteiger partial charge in [-0.3, -0.25) is 9.30 Å². The van der Waals surface area contributed by atoms with Crippen molar-refractivity contribution in [2.24, 2.45) is 0 Å². The summed E-state index contributed by atoms with van der Waals surface area (Å²) in [4.78, 5) is 25.3. The van der Waals surface area contributed by atoms with Gasteiger partial charge in [0, 0.05) is 30.6 Å². The summed E-state index contributed by atoms with van der Waals surface area (Å²) in [5.41, 5.74) is 0.980. The number of halogens is 1. The van der Waals surface area contributed by atoms with Crippen LogP contribution >= 0.6 is 15.9 Å². The lowest BCUT2D eigenvalue weighted by Crippen LogP contribution is -2.68. The molecule has 0 radical (unpaired) electrons. The average molecular weight is 817 g/mol. The van der Waals surface area contributed by atoms with E-state index in [1.54, 1.807) is 25.3 Å². The smallest absolute Gasteiger partial charge is 0.410 e. The maximum Gasteiger partial charge on any atom is 0.410 e. The number of rotatable bonds is 11.